The average Bonchev–Trinajstić information content (AvgIpc) is 2.88. The summed E-state index contributed by atoms with van der Waals surface area (Å²) in [5, 5.41) is 7.55. The van der Waals surface area contributed by atoms with Crippen LogP contribution in [0.2, 0.25) is 0 Å². The lowest BCUT2D eigenvalue weighted by molar-refractivity contribution is -0.0843. The van der Waals surface area contributed by atoms with E-state index in [1.54, 1.807) is 12.1 Å². The molecule has 0 amide bonds. The van der Waals surface area contributed by atoms with Crippen LogP contribution >= 0.6 is 0 Å². The highest BCUT2D eigenvalue weighted by Crippen LogP contribution is 2.43. The third-order valence-corrected chi connectivity index (χ3v) is 2.99. The van der Waals surface area contributed by atoms with E-state index < -0.39 is 5.79 Å². The van der Waals surface area contributed by atoms with E-state index >= 15 is 0 Å². The van der Waals surface area contributed by atoms with E-state index in [-0.39, 0.29) is 0 Å². The van der Waals surface area contributed by atoms with Crippen molar-refractivity contribution in [1.82, 2.24) is 10.3 Å². The summed E-state index contributed by atoms with van der Waals surface area (Å²) in [5.41, 5.74) is 1.37. The summed E-state index contributed by atoms with van der Waals surface area (Å²) in [4.78, 5) is 0. The molecule has 5 heteroatoms. The number of nitrogens with zero attached hydrogens (tertiary/aromatic N) is 2. The number of aromatic nitrogens is 2. The first-order valence-corrected chi connectivity index (χ1v) is 5.40. The molecule has 1 aromatic carbocycles. The Hall–Kier alpha value is -1.78. The van der Waals surface area contributed by atoms with Crippen LogP contribution in [0.15, 0.2) is 16.8 Å². The molecule has 0 spiro atoms. The van der Waals surface area contributed by atoms with E-state index in [0.717, 1.165) is 12.8 Å². The summed E-state index contributed by atoms with van der Waals surface area (Å²) < 4.78 is 16.3. The molecule has 0 saturated carbocycles. The van der Waals surface area contributed by atoms with Crippen molar-refractivity contribution in [2.45, 2.75) is 32.5 Å². The Morgan fingerprint density at radius 2 is 1.50 bits per heavy atom. The average molecular weight is 220 g/mol. The Balaban J connectivity index is 2.09. The van der Waals surface area contributed by atoms with Crippen LogP contribution in [-0.4, -0.2) is 16.1 Å². The summed E-state index contributed by atoms with van der Waals surface area (Å²) in [5.74, 6) is 0.900. The molecule has 0 atom stereocenters. The van der Waals surface area contributed by atoms with Crippen molar-refractivity contribution in [1.29, 1.82) is 0 Å². The monoisotopic (exact) mass is 220 g/mol. The fourth-order valence-corrected chi connectivity index (χ4v) is 1.91. The topological polar surface area (TPSA) is 57.4 Å². The maximum atomic E-state index is 5.84. The number of rotatable bonds is 2. The fourth-order valence-electron chi connectivity index (χ4n) is 1.91. The van der Waals surface area contributed by atoms with Gasteiger partial charge in [0, 0.05) is 25.0 Å². The highest BCUT2D eigenvalue weighted by atomic mass is 16.7. The predicted molar refractivity (Wildman–Crippen MR) is 56.4 cm³/mol. The van der Waals surface area contributed by atoms with E-state index in [2.05, 4.69) is 14.9 Å². The van der Waals surface area contributed by atoms with Crippen molar-refractivity contribution in [3.05, 3.63) is 12.1 Å². The van der Waals surface area contributed by atoms with E-state index in [0.29, 0.717) is 22.5 Å². The van der Waals surface area contributed by atoms with Gasteiger partial charge in [-0.15, -0.1) is 0 Å². The Kier molecular flexibility index (Phi) is 1.83. The van der Waals surface area contributed by atoms with Crippen LogP contribution in [0.3, 0.4) is 0 Å². The molecule has 16 heavy (non-hydrogen) atoms. The summed E-state index contributed by atoms with van der Waals surface area (Å²) in [6.07, 6.45) is 1.60. The van der Waals surface area contributed by atoms with Crippen LogP contribution in [0.4, 0.5) is 0 Å². The molecule has 0 N–H and O–H groups in total. The summed E-state index contributed by atoms with van der Waals surface area (Å²) in [7, 11) is 0. The third-order valence-electron chi connectivity index (χ3n) is 2.99. The van der Waals surface area contributed by atoms with Crippen molar-refractivity contribution >= 4 is 11.0 Å². The normalized spacial score (nSPS) is 16.9. The van der Waals surface area contributed by atoms with Gasteiger partial charge in [0.15, 0.2) is 11.5 Å². The second-order valence-electron chi connectivity index (χ2n) is 3.87. The third kappa shape index (κ3) is 1.17. The van der Waals surface area contributed by atoms with Gasteiger partial charge in [0.2, 0.25) is 0 Å². The molecule has 1 aliphatic rings. The molecule has 0 fully saturated rings. The Morgan fingerprint density at radius 3 is 1.94 bits per heavy atom. The van der Waals surface area contributed by atoms with E-state index in [9.17, 15) is 0 Å². The van der Waals surface area contributed by atoms with Crippen molar-refractivity contribution in [3.63, 3.8) is 0 Å². The first-order chi connectivity index (χ1) is 7.76. The van der Waals surface area contributed by atoms with Crippen molar-refractivity contribution in [3.8, 4) is 11.5 Å². The molecule has 2 heterocycles. The highest BCUT2D eigenvalue weighted by molar-refractivity contribution is 5.78. The molecule has 0 saturated heterocycles. The fraction of sp³-hybridized carbons (Fsp3) is 0.455. The largest absolute Gasteiger partial charge is 0.448 e. The molecular weight excluding hydrogens is 208 g/mol. The molecule has 1 aliphatic heterocycles. The quantitative estimate of drug-likeness (QED) is 0.778. The zero-order valence-electron chi connectivity index (χ0n) is 9.19. The van der Waals surface area contributed by atoms with Gasteiger partial charge in [-0.1, -0.05) is 13.8 Å². The summed E-state index contributed by atoms with van der Waals surface area (Å²) in [6, 6.07) is 3.60. The molecule has 2 aromatic rings. The first kappa shape index (κ1) is 9.45. The van der Waals surface area contributed by atoms with E-state index in [4.69, 9.17) is 9.47 Å². The Morgan fingerprint density at radius 1 is 1.00 bits per heavy atom. The smallest absolute Gasteiger partial charge is 0.251 e. The summed E-state index contributed by atoms with van der Waals surface area (Å²) in [6.45, 7) is 4.09. The van der Waals surface area contributed by atoms with Crippen LogP contribution in [0.1, 0.15) is 26.7 Å². The molecule has 84 valence electrons. The van der Waals surface area contributed by atoms with Gasteiger partial charge < -0.3 is 9.47 Å². The molecule has 5 nitrogen and oxygen atoms in total. The van der Waals surface area contributed by atoms with Crippen molar-refractivity contribution < 1.29 is 14.1 Å². The zero-order chi connectivity index (χ0) is 11.2. The maximum absolute atomic E-state index is 5.84. The second-order valence-corrected chi connectivity index (χ2v) is 3.87. The van der Waals surface area contributed by atoms with Gasteiger partial charge in [-0.3, -0.25) is 0 Å². The number of ether oxygens (including phenoxy) is 2. The molecule has 0 bridgehead atoms. The van der Waals surface area contributed by atoms with Gasteiger partial charge in [-0.2, -0.15) is 0 Å². The lowest BCUT2D eigenvalue weighted by Gasteiger charge is -2.24. The lowest BCUT2D eigenvalue weighted by atomic mass is 10.1. The van der Waals surface area contributed by atoms with Crippen LogP contribution in [0, 0.1) is 0 Å². The lowest BCUT2D eigenvalue weighted by Crippen LogP contribution is -2.36. The van der Waals surface area contributed by atoms with Gasteiger partial charge in [0.1, 0.15) is 11.0 Å². The maximum Gasteiger partial charge on any atom is 0.251 e. The number of benzene rings is 1. The SMILES string of the molecule is CCC1(CC)Oc2cc3nonc3cc2O1. The number of hydrogen-bond donors (Lipinski definition) is 0. The van der Waals surface area contributed by atoms with Crippen molar-refractivity contribution in [2.75, 3.05) is 0 Å². The van der Waals surface area contributed by atoms with Crippen LogP contribution in [0.5, 0.6) is 11.5 Å². The van der Waals surface area contributed by atoms with Crippen LogP contribution < -0.4 is 9.47 Å². The van der Waals surface area contributed by atoms with E-state index in [1.165, 1.54) is 0 Å². The molecule has 0 unspecified atom stereocenters. The molecule has 3 rings (SSSR count). The first-order valence-electron chi connectivity index (χ1n) is 5.40. The predicted octanol–water partition coefficient (Wildman–Crippen LogP) is 2.51. The minimum Gasteiger partial charge on any atom is -0.448 e. The highest BCUT2D eigenvalue weighted by Gasteiger charge is 2.38. The zero-order valence-corrected chi connectivity index (χ0v) is 9.19. The van der Waals surface area contributed by atoms with Gasteiger partial charge in [-0.05, 0) is 10.3 Å². The minimum absolute atomic E-state index is 0.529. The van der Waals surface area contributed by atoms with Crippen LogP contribution in [-0.2, 0) is 0 Å². The van der Waals surface area contributed by atoms with Crippen LogP contribution in [0.25, 0.3) is 11.0 Å². The van der Waals surface area contributed by atoms with Gasteiger partial charge in [0.25, 0.3) is 5.79 Å². The van der Waals surface area contributed by atoms with Gasteiger partial charge in [0.05, 0.1) is 0 Å². The standard InChI is InChI=1S/C11H12N2O3/c1-3-11(4-2)14-9-5-7-8(13-16-12-7)6-10(9)15-11/h5-6H,3-4H2,1-2H3. The molecule has 1 aromatic heterocycles. The van der Waals surface area contributed by atoms with Crippen molar-refractivity contribution in [2.24, 2.45) is 0 Å². The number of hydrogen-bond acceptors (Lipinski definition) is 5. The summed E-state index contributed by atoms with van der Waals surface area (Å²) >= 11 is 0. The minimum atomic E-state index is -0.529. The Labute approximate surface area is 92.3 Å². The molecular formula is C11H12N2O3. The molecule has 0 radical (unpaired) electrons. The Bertz CT molecular complexity index is 489. The van der Waals surface area contributed by atoms with Gasteiger partial charge in [-0.25, -0.2) is 4.63 Å². The number of fused-ring (bicyclic) bond motifs is 2. The van der Waals surface area contributed by atoms with Gasteiger partial charge >= 0.3 is 0 Å². The second kappa shape index (κ2) is 3.10. The molecule has 0 aliphatic carbocycles. The van der Waals surface area contributed by atoms with E-state index in [1.807, 2.05) is 13.8 Å².